The van der Waals surface area contributed by atoms with Crippen molar-refractivity contribution < 1.29 is 0 Å². The van der Waals surface area contributed by atoms with Crippen LogP contribution in [0.3, 0.4) is 0 Å². The number of hydrogen-bond acceptors (Lipinski definition) is 1. The van der Waals surface area contributed by atoms with E-state index < -0.39 is 0 Å². The van der Waals surface area contributed by atoms with Crippen LogP contribution in [-0.4, -0.2) is 0 Å². The molecule has 0 amide bonds. The van der Waals surface area contributed by atoms with Gasteiger partial charge in [-0.3, -0.25) is 0 Å². The average molecular weight is 221 g/mol. The summed E-state index contributed by atoms with van der Waals surface area (Å²) in [6, 6.07) is 18.6. The second kappa shape index (κ2) is 5.17. The Bertz CT molecular complexity index is 509. The minimum atomic E-state index is 0.803. The Morgan fingerprint density at radius 3 is 2.06 bits per heavy atom. The first-order valence-electron chi connectivity index (χ1n) is 5.53. The van der Waals surface area contributed by atoms with E-state index >= 15 is 0 Å². The monoisotopic (exact) mass is 221 g/mol. The Balaban J connectivity index is 2.19. The van der Waals surface area contributed by atoms with Crippen molar-refractivity contribution in [2.75, 3.05) is 5.32 Å². The molecular weight excluding hydrogens is 206 g/mol. The fourth-order valence-corrected chi connectivity index (χ4v) is 1.61. The van der Waals surface area contributed by atoms with Crippen molar-refractivity contribution >= 4 is 5.69 Å². The number of allylic oxidation sites excluding steroid dienone is 1. The van der Waals surface area contributed by atoms with Crippen molar-refractivity contribution in [3.63, 3.8) is 0 Å². The lowest BCUT2D eigenvalue weighted by Crippen LogP contribution is -1.93. The lowest BCUT2D eigenvalue weighted by atomic mass is 10.1. The molecule has 0 fully saturated rings. The Kier molecular flexibility index (Phi) is 3.41. The Morgan fingerprint density at radius 1 is 0.882 bits per heavy atom. The number of anilines is 1. The van der Waals surface area contributed by atoms with Gasteiger partial charge in [0.15, 0.2) is 0 Å². The quantitative estimate of drug-likeness (QED) is 0.751. The molecular formula is C16H15N. The van der Waals surface area contributed by atoms with Gasteiger partial charge in [-0.15, -0.1) is 0 Å². The number of benzene rings is 2. The third-order valence-corrected chi connectivity index (χ3v) is 2.54. The van der Waals surface area contributed by atoms with Gasteiger partial charge in [-0.1, -0.05) is 55.6 Å². The Morgan fingerprint density at radius 2 is 1.47 bits per heavy atom. The standard InChI is InChI=1S/C16H15N/c1-3-13(2)17-16-11-9-15(10-12-16)14-7-5-4-6-8-14/h3-12,17H,1-2H2. The van der Waals surface area contributed by atoms with Gasteiger partial charge in [-0.05, 0) is 29.3 Å². The van der Waals surface area contributed by atoms with E-state index in [1.54, 1.807) is 6.08 Å². The minimum Gasteiger partial charge on any atom is -0.356 e. The second-order valence-electron chi connectivity index (χ2n) is 3.80. The predicted octanol–water partition coefficient (Wildman–Crippen LogP) is 4.47. The Hall–Kier alpha value is -2.28. The summed E-state index contributed by atoms with van der Waals surface area (Å²) in [4.78, 5) is 0. The molecule has 0 aliphatic rings. The summed E-state index contributed by atoms with van der Waals surface area (Å²) in [6.07, 6.45) is 1.70. The van der Waals surface area contributed by atoms with Gasteiger partial charge in [0.2, 0.25) is 0 Å². The molecule has 0 atom stereocenters. The first-order chi connectivity index (χ1) is 8.29. The van der Waals surface area contributed by atoms with E-state index in [-0.39, 0.29) is 0 Å². The highest BCUT2D eigenvalue weighted by molar-refractivity contribution is 5.66. The maximum atomic E-state index is 3.82. The van der Waals surface area contributed by atoms with Crippen LogP contribution in [0.5, 0.6) is 0 Å². The van der Waals surface area contributed by atoms with Gasteiger partial charge >= 0.3 is 0 Å². The van der Waals surface area contributed by atoms with E-state index in [0.29, 0.717) is 0 Å². The fourth-order valence-electron chi connectivity index (χ4n) is 1.61. The van der Waals surface area contributed by atoms with Crippen molar-refractivity contribution in [1.82, 2.24) is 0 Å². The SMILES string of the molecule is C=CC(=C)Nc1ccc(-c2ccccc2)cc1. The molecule has 84 valence electrons. The molecule has 0 saturated carbocycles. The predicted molar refractivity (Wildman–Crippen MR) is 74.8 cm³/mol. The number of nitrogens with one attached hydrogen (secondary N) is 1. The molecule has 0 saturated heterocycles. The third-order valence-electron chi connectivity index (χ3n) is 2.54. The van der Waals surface area contributed by atoms with Crippen LogP contribution in [0.1, 0.15) is 0 Å². The lowest BCUT2D eigenvalue weighted by Gasteiger charge is -2.07. The molecule has 0 spiro atoms. The summed E-state index contributed by atoms with van der Waals surface area (Å²) >= 11 is 0. The van der Waals surface area contributed by atoms with E-state index in [9.17, 15) is 0 Å². The van der Waals surface area contributed by atoms with Gasteiger partial charge < -0.3 is 5.32 Å². The summed E-state index contributed by atoms with van der Waals surface area (Å²) < 4.78 is 0. The molecule has 1 N–H and O–H groups in total. The molecule has 0 aliphatic carbocycles. The average Bonchev–Trinajstić information content (AvgIpc) is 2.40. The zero-order valence-electron chi connectivity index (χ0n) is 9.69. The van der Waals surface area contributed by atoms with E-state index in [1.165, 1.54) is 11.1 Å². The summed E-state index contributed by atoms with van der Waals surface area (Å²) in [5.74, 6) is 0. The van der Waals surface area contributed by atoms with E-state index in [4.69, 9.17) is 0 Å². The zero-order chi connectivity index (χ0) is 12.1. The van der Waals surface area contributed by atoms with Crippen LogP contribution in [0.15, 0.2) is 79.5 Å². The fraction of sp³-hybridized carbons (Fsp3) is 0. The van der Waals surface area contributed by atoms with E-state index in [2.05, 4.69) is 42.7 Å². The largest absolute Gasteiger partial charge is 0.356 e. The molecule has 2 aromatic carbocycles. The van der Waals surface area contributed by atoms with Crippen LogP contribution in [0.25, 0.3) is 11.1 Å². The van der Waals surface area contributed by atoms with E-state index in [0.717, 1.165) is 11.4 Å². The van der Waals surface area contributed by atoms with E-state index in [1.807, 2.05) is 30.3 Å². The van der Waals surface area contributed by atoms with Gasteiger partial charge in [0.25, 0.3) is 0 Å². The van der Waals surface area contributed by atoms with Crippen molar-refractivity contribution in [3.05, 3.63) is 79.5 Å². The van der Waals surface area contributed by atoms with Crippen LogP contribution in [0.4, 0.5) is 5.69 Å². The summed E-state index contributed by atoms with van der Waals surface area (Å²) in [6.45, 7) is 7.48. The summed E-state index contributed by atoms with van der Waals surface area (Å²) in [7, 11) is 0. The van der Waals surface area contributed by atoms with Crippen molar-refractivity contribution in [2.24, 2.45) is 0 Å². The highest BCUT2D eigenvalue weighted by Gasteiger charge is 1.97. The minimum absolute atomic E-state index is 0.803. The van der Waals surface area contributed by atoms with Crippen molar-refractivity contribution in [2.45, 2.75) is 0 Å². The first-order valence-corrected chi connectivity index (χ1v) is 5.53. The third kappa shape index (κ3) is 2.85. The maximum Gasteiger partial charge on any atom is 0.0384 e. The van der Waals surface area contributed by atoms with Crippen molar-refractivity contribution in [3.8, 4) is 11.1 Å². The van der Waals surface area contributed by atoms with Crippen molar-refractivity contribution in [1.29, 1.82) is 0 Å². The van der Waals surface area contributed by atoms with Gasteiger partial charge in [0.05, 0.1) is 0 Å². The van der Waals surface area contributed by atoms with Crippen LogP contribution in [-0.2, 0) is 0 Å². The zero-order valence-corrected chi connectivity index (χ0v) is 9.69. The first kappa shape index (κ1) is 11.2. The maximum absolute atomic E-state index is 3.82. The molecule has 2 rings (SSSR count). The second-order valence-corrected chi connectivity index (χ2v) is 3.80. The molecule has 0 unspecified atom stereocenters. The van der Waals surface area contributed by atoms with Gasteiger partial charge in [-0.2, -0.15) is 0 Å². The lowest BCUT2D eigenvalue weighted by molar-refractivity contribution is 1.50. The molecule has 0 heterocycles. The van der Waals surface area contributed by atoms with Gasteiger partial charge in [0.1, 0.15) is 0 Å². The van der Waals surface area contributed by atoms with Gasteiger partial charge in [0, 0.05) is 11.4 Å². The number of rotatable bonds is 4. The molecule has 0 aromatic heterocycles. The van der Waals surface area contributed by atoms with Crippen LogP contribution in [0.2, 0.25) is 0 Å². The smallest absolute Gasteiger partial charge is 0.0384 e. The molecule has 0 aliphatic heterocycles. The van der Waals surface area contributed by atoms with Crippen LogP contribution >= 0.6 is 0 Å². The molecule has 2 aromatic rings. The molecule has 0 radical (unpaired) electrons. The van der Waals surface area contributed by atoms with Gasteiger partial charge in [-0.25, -0.2) is 0 Å². The Labute approximate surface area is 102 Å². The highest BCUT2D eigenvalue weighted by atomic mass is 14.9. The topological polar surface area (TPSA) is 12.0 Å². The molecule has 17 heavy (non-hydrogen) atoms. The molecule has 0 bridgehead atoms. The van der Waals surface area contributed by atoms with Crippen LogP contribution < -0.4 is 5.32 Å². The number of hydrogen-bond donors (Lipinski definition) is 1. The molecule has 1 heteroatoms. The molecule has 1 nitrogen and oxygen atoms in total. The normalized spacial score (nSPS) is 9.65. The summed E-state index contributed by atoms with van der Waals surface area (Å²) in [5.41, 5.74) is 4.26. The van der Waals surface area contributed by atoms with Crippen LogP contribution in [0, 0.1) is 0 Å². The summed E-state index contributed by atoms with van der Waals surface area (Å²) in [5, 5.41) is 3.16. The highest BCUT2D eigenvalue weighted by Crippen LogP contribution is 2.21.